The van der Waals surface area contributed by atoms with Crippen molar-refractivity contribution in [3.63, 3.8) is 0 Å². The highest BCUT2D eigenvalue weighted by molar-refractivity contribution is 5.68. The van der Waals surface area contributed by atoms with E-state index in [1.54, 1.807) is 0 Å². The molecule has 5 nitrogen and oxygen atoms in total. The first-order valence-electron chi connectivity index (χ1n) is 8.91. The zero-order chi connectivity index (χ0) is 17.3. The molecule has 2 heterocycles. The number of ether oxygens (including phenoxy) is 1. The second-order valence-electron chi connectivity index (χ2n) is 8.92. The van der Waals surface area contributed by atoms with Gasteiger partial charge in [0, 0.05) is 18.6 Å². The molecule has 0 aromatic heterocycles. The first kappa shape index (κ1) is 18.5. The van der Waals surface area contributed by atoms with E-state index in [1.807, 2.05) is 25.7 Å². The monoisotopic (exact) mass is 326 g/mol. The largest absolute Gasteiger partial charge is 0.444 e. The number of amides is 1. The van der Waals surface area contributed by atoms with Crippen molar-refractivity contribution in [1.29, 1.82) is 0 Å². The molecular weight excluding hydrogens is 292 g/mol. The van der Waals surface area contributed by atoms with Gasteiger partial charge in [-0.1, -0.05) is 0 Å². The van der Waals surface area contributed by atoms with E-state index < -0.39 is 5.60 Å². The molecule has 0 aromatic rings. The van der Waals surface area contributed by atoms with Crippen molar-refractivity contribution in [3.05, 3.63) is 0 Å². The molecule has 2 aliphatic heterocycles. The van der Waals surface area contributed by atoms with Crippen LogP contribution in [0.3, 0.4) is 0 Å². The molecule has 1 spiro atoms. The van der Waals surface area contributed by atoms with Crippen molar-refractivity contribution in [2.75, 3.05) is 32.8 Å². The van der Waals surface area contributed by atoms with E-state index in [4.69, 9.17) is 4.74 Å². The van der Waals surface area contributed by atoms with Crippen LogP contribution in [0.2, 0.25) is 0 Å². The van der Waals surface area contributed by atoms with Crippen LogP contribution in [-0.4, -0.2) is 64.9 Å². The van der Waals surface area contributed by atoms with Crippen molar-refractivity contribution in [2.45, 2.75) is 71.4 Å². The average molecular weight is 326 g/mol. The molecule has 134 valence electrons. The summed E-state index contributed by atoms with van der Waals surface area (Å²) >= 11 is 0. The Balaban J connectivity index is 1.84. The SMILES string of the molecule is CC(C)(C)OC(=O)N1CCC2(CC1)CCN(C(C)(C)CO)CC2. The van der Waals surface area contributed by atoms with E-state index in [9.17, 15) is 9.90 Å². The Morgan fingerprint density at radius 3 is 1.91 bits per heavy atom. The number of piperidine rings is 2. The molecule has 0 aromatic carbocycles. The minimum atomic E-state index is -0.423. The molecule has 23 heavy (non-hydrogen) atoms. The second-order valence-corrected chi connectivity index (χ2v) is 8.92. The highest BCUT2D eigenvalue weighted by Gasteiger charge is 2.41. The Hall–Kier alpha value is -0.810. The summed E-state index contributed by atoms with van der Waals surface area (Å²) in [6.07, 6.45) is 4.29. The molecule has 0 unspecified atom stereocenters. The highest BCUT2D eigenvalue weighted by atomic mass is 16.6. The Labute approximate surface area is 141 Å². The van der Waals surface area contributed by atoms with Gasteiger partial charge in [0.2, 0.25) is 0 Å². The van der Waals surface area contributed by atoms with Crippen molar-refractivity contribution < 1.29 is 14.6 Å². The lowest BCUT2D eigenvalue weighted by molar-refractivity contribution is -0.0269. The minimum Gasteiger partial charge on any atom is -0.444 e. The topological polar surface area (TPSA) is 53.0 Å². The van der Waals surface area contributed by atoms with E-state index in [0.717, 1.165) is 39.0 Å². The lowest BCUT2D eigenvalue weighted by Gasteiger charge is -2.50. The number of aliphatic hydroxyl groups is 1. The number of carbonyl (C=O) groups excluding carboxylic acids is 1. The van der Waals surface area contributed by atoms with Crippen molar-refractivity contribution in [2.24, 2.45) is 5.41 Å². The molecular formula is C18H34N2O3. The Kier molecular flexibility index (Phi) is 5.31. The van der Waals surface area contributed by atoms with Gasteiger partial charge in [0.15, 0.2) is 0 Å². The van der Waals surface area contributed by atoms with Crippen molar-refractivity contribution >= 4 is 6.09 Å². The summed E-state index contributed by atoms with van der Waals surface area (Å²) in [5.74, 6) is 0. The first-order valence-corrected chi connectivity index (χ1v) is 8.91. The van der Waals surface area contributed by atoms with Gasteiger partial charge >= 0.3 is 6.09 Å². The third-order valence-electron chi connectivity index (χ3n) is 5.54. The smallest absolute Gasteiger partial charge is 0.410 e. The molecule has 0 bridgehead atoms. The van der Waals surface area contributed by atoms with E-state index in [1.165, 1.54) is 12.8 Å². The zero-order valence-electron chi connectivity index (χ0n) is 15.5. The van der Waals surface area contributed by atoms with Crippen LogP contribution < -0.4 is 0 Å². The van der Waals surface area contributed by atoms with Gasteiger partial charge in [-0.15, -0.1) is 0 Å². The first-order chi connectivity index (χ1) is 10.6. The summed E-state index contributed by atoms with van der Waals surface area (Å²) in [4.78, 5) is 16.4. The quantitative estimate of drug-likeness (QED) is 0.848. The summed E-state index contributed by atoms with van der Waals surface area (Å²) in [6.45, 7) is 13.8. The summed E-state index contributed by atoms with van der Waals surface area (Å²) in [5.41, 5.74) is -0.174. The molecule has 2 rings (SSSR count). The number of rotatable bonds is 2. The van der Waals surface area contributed by atoms with E-state index in [2.05, 4.69) is 18.7 Å². The zero-order valence-corrected chi connectivity index (χ0v) is 15.5. The minimum absolute atomic E-state index is 0.126. The Morgan fingerprint density at radius 2 is 1.48 bits per heavy atom. The molecule has 0 radical (unpaired) electrons. The lowest BCUT2D eigenvalue weighted by atomic mass is 9.70. The molecule has 5 heteroatoms. The fourth-order valence-electron chi connectivity index (χ4n) is 3.68. The van der Waals surface area contributed by atoms with Gasteiger partial charge in [-0.05, 0) is 78.8 Å². The second kappa shape index (κ2) is 6.60. The van der Waals surface area contributed by atoms with Crippen molar-refractivity contribution in [1.82, 2.24) is 9.80 Å². The highest BCUT2D eigenvalue weighted by Crippen LogP contribution is 2.42. The molecule has 2 saturated heterocycles. The van der Waals surface area contributed by atoms with Gasteiger partial charge in [-0.3, -0.25) is 4.90 Å². The summed E-state index contributed by atoms with van der Waals surface area (Å²) in [7, 11) is 0. The molecule has 0 atom stereocenters. The number of aliphatic hydroxyl groups excluding tert-OH is 1. The van der Waals surface area contributed by atoms with Gasteiger partial charge in [0.1, 0.15) is 5.60 Å². The van der Waals surface area contributed by atoms with Gasteiger partial charge in [-0.2, -0.15) is 0 Å². The fourth-order valence-corrected chi connectivity index (χ4v) is 3.68. The van der Waals surface area contributed by atoms with Crippen LogP contribution in [0, 0.1) is 5.41 Å². The predicted molar refractivity (Wildman–Crippen MR) is 91.4 cm³/mol. The number of nitrogens with zero attached hydrogens (tertiary/aromatic N) is 2. The molecule has 2 fully saturated rings. The molecule has 0 aliphatic carbocycles. The Morgan fingerprint density at radius 1 is 1.00 bits per heavy atom. The van der Waals surface area contributed by atoms with Crippen LogP contribution in [-0.2, 0) is 4.74 Å². The molecule has 0 saturated carbocycles. The van der Waals surface area contributed by atoms with Crippen LogP contribution in [0.25, 0.3) is 0 Å². The normalized spacial score (nSPS) is 23.1. The molecule has 1 amide bonds. The number of carbonyl (C=O) groups is 1. The third-order valence-corrected chi connectivity index (χ3v) is 5.54. The van der Waals surface area contributed by atoms with Crippen molar-refractivity contribution in [3.8, 4) is 0 Å². The summed E-state index contributed by atoms with van der Waals surface area (Å²) < 4.78 is 5.48. The summed E-state index contributed by atoms with van der Waals surface area (Å²) in [5, 5.41) is 9.54. The van der Waals surface area contributed by atoms with E-state index >= 15 is 0 Å². The van der Waals surface area contributed by atoms with E-state index in [-0.39, 0.29) is 18.2 Å². The van der Waals surface area contributed by atoms with Crippen LogP contribution in [0.5, 0.6) is 0 Å². The maximum Gasteiger partial charge on any atom is 0.410 e. The van der Waals surface area contributed by atoms with Crippen LogP contribution >= 0.6 is 0 Å². The number of hydrogen-bond acceptors (Lipinski definition) is 4. The van der Waals surface area contributed by atoms with Crippen LogP contribution in [0.4, 0.5) is 4.79 Å². The molecule has 1 N–H and O–H groups in total. The third kappa shape index (κ3) is 4.60. The van der Waals surface area contributed by atoms with Gasteiger partial charge < -0.3 is 14.7 Å². The van der Waals surface area contributed by atoms with E-state index in [0.29, 0.717) is 5.41 Å². The Bertz CT molecular complexity index is 410. The van der Waals surface area contributed by atoms with Gasteiger partial charge in [0.25, 0.3) is 0 Å². The maximum absolute atomic E-state index is 12.2. The standard InChI is InChI=1S/C18H34N2O3/c1-16(2,3)23-15(22)19-10-6-18(7-11-19)8-12-20(13-9-18)17(4,5)14-21/h21H,6-14H2,1-5H3. The fraction of sp³-hybridized carbons (Fsp3) is 0.944. The van der Waals surface area contributed by atoms with Gasteiger partial charge in [0.05, 0.1) is 6.61 Å². The number of hydrogen-bond donors (Lipinski definition) is 1. The van der Waals surface area contributed by atoms with Gasteiger partial charge in [-0.25, -0.2) is 4.79 Å². The maximum atomic E-state index is 12.2. The number of likely N-dealkylation sites (tertiary alicyclic amines) is 2. The lowest BCUT2D eigenvalue weighted by Crippen LogP contribution is -2.54. The average Bonchev–Trinajstić information content (AvgIpc) is 2.46. The predicted octanol–water partition coefficient (Wildman–Crippen LogP) is 2.87. The van der Waals surface area contributed by atoms with Crippen LogP contribution in [0.15, 0.2) is 0 Å². The van der Waals surface area contributed by atoms with Crippen LogP contribution in [0.1, 0.15) is 60.3 Å². The molecule has 2 aliphatic rings. The summed E-state index contributed by atoms with van der Waals surface area (Å²) in [6, 6.07) is 0.